The minimum absolute atomic E-state index is 0.0115. The van der Waals surface area contributed by atoms with E-state index in [0.717, 1.165) is 10.9 Å². The van der Waals surface area contributed by atoms with Crippen molar-refractivity contribution in [3.8, 4) is 11.5 Å². The van der Waals surface area contributed by atoms with E-state index in [-0.39, 0.29) is 68.4 Å². The molecule has 0 spiro atoms. The number of aromatic hydroxyl groups is 2. The van der Waals surface area contributed by atoms with Crippen LogP contribution in [0, 0.1) is 11.8 Å². The van der Waals surface area contributed by atoms with Gasteiger partial charge in [-0.3, -0.25) is 38.6 Å². The zero-order valence-corrected chi connectivity index (χ0v) is 41.2. The average molecular weight is 1010 g/mol. The first kappa shape index (κ1) is 57.4. The van der Waals surface area contributed by atoms with Crippen LogP contribution in [0.5, 0.6) is 11.5 Å². The van der Waals surface area contributed by atoms with Gasteiger partial charge >= 0.3 is 5.97 Å². The number of benzene rings is 3. The molecule has 4 rings (SSSR count). The fourth-order valence-electron chi connectivity index (χ4n) is 7.82. The van der Waals surface area contributed by atoms with Crippen LogP contribution in [0.3, 0.4) is 0 Å². The number of hydrogen-bond donors (Lipinski definition) is 14. The molecule has 0 fully saturated rings. The Morgan fingerprint density at radius 2 is 1.08 bits per heavy atom. The van der Waals surface area contributed by atoms with E-state index in [1.54, 1.807) is 26.1 Å². The van der Waals surface area contributed by atoms with Crippen LogP contribution < -0.4 is 54.8 Å². The number of primary amides is 1. The lowest BCUT2D eigenvalue weighted by Gasteiger charge is -2.29. The number of H-pyrrole nitrogens is 1. The molecule has 0 aliphatic rings. The Bertz CT molecular complexity index is 2580. The number of aliphatic carboxylic acids is 1. The molecule has 0 saturated carbocycles. The summed E-state index contributed by atoms with van der Waals surface area (Å²) in [6.07, 6.45) is 0.844. The summed E-state index contributed by atoms with van der Waals surface area (Å²) in [5.74, 6) is -8.48. The number of para-hydroxylation sites is 1. The molecule has 1 heterocycles. The highest BCUT2D eigenvalue weighted by Gasteiger charge is 2.35. The van der Waals surface area contributed by atoms with E-state index < -0.39 is 102 Å². The van der Waals surface area contributed by atoms with Crippen molar-refractivity contribution in [1.82, 2.24) is 36.9 Å². The van der Waals surface area contributed by atoms with Crippen molar-refractivity contribution in [2.75, 3.05) is 6.54 Å². The van der Waals surface area contributed by atoms with Crippen molar-refractivity contribution >= 4 is 64.2 Å². The number of nitrogens with one attached hydrogen (secondary N) is 7. The number of rotatable bonds is 28. The lowest BCUT2D eigenvalue weighted by atomic mass is 9.98. The Morgan fingerprint density at radius 3 is 1.59 bits per heavy atom. The number of aromatic nitrogens is 1. The molecule has 73 heavy (non-hydrogen) atoms. The fourth-order valence-corrected chi connectivity index (χ4v) is 7.82. The van der Waals surface area contributed by atoms with Crippen LogP contribution >= 0.6 is 0 Å². The minimum Gasteiger partial charge on any atom is -0.508 e. The number of phenolic OH excluding ortho intramolecular Hbond substituents is 2. The van der Waals surface area contributed by atoms with Gasteiger partial charge in [-0.2, -0.15) is 0 Å². The Kier molecular flexibility index (Phi) is 21.5. The molecule has 23 nitrogen and oxygen atoms in total. The first-order chi connectivity index (χ1) is 34.5. The quantitative estimate of drug-likeness (QED) is 0.0195. The SMILES string of the molecule is CC(C)C[C@H](N)C(=O)N[C@@H](CC(N)=O)C(=O)N[C@@H](Cc1ccc(O)cc1)C(=O)N[C@@H](Cc1ccc(O)cc1)C(=O)N[C@H](C(=O)N[C@@H](Cc1c[nH]c2ccccc12)C(=O)N[C@@H](CCCN=C(N)N)C(=O)O)C(C)C. The molecule has 0 bridgehead atoms. The van der Waals surface area contributed by atoms with Gasteiger partial charge in [-0.05, 0) is 78.1 Å². The minimum atomic E-state index is -1.56. The summed E-state index contributed by atoms with van der Waals surface area (Å²) in [5, 5.41) is 46.4. The van der Waals surface area contributed by atoms with Gasteiger partial charge < -0.3 is 75.1 Å². The van der Waals surface area contributed by atoms with E-state index in [4.69, 9.17) is 22.9 Å². The number of carboxylic acid groups (broad SMARTS) is 1. The van der Waals surface area contributed by atoms with Crippen LogP contribution in [0.25, 0.3) is 10.9 Å². The Labute approximate surface area is 422 Å². The van der Waals surface area contributed by atoms with Gasteiger partial charge in [-0.15, -0.1) is 0 Å². The maximum atomic E-state index is 14.6. The standard InChI is InChI=1S/C50H68N12O11/c1-26(2)20-34(51)43(66)58-40(24-41(52)65)46(69)59-37(21-28-11-15-31(63)16-12-28)44(67)60-38(22-29-13-17-32(64)18-14-29)47(70)62-42(27(3)4)48(71)61-39(23-30-25-56-35-9-6-5-8-33(30)35)45(68)57-36(49(72)73)10-7-19-55-50(53)54/h5-6,8-9,11-18,25-27,34,36-40,42,56,63-64H,7,10,19-24,51H2,1-4H3,(H2,52,65)(H,57,68)(H,58,66)(H,59,69)(H,60,67)(H,61,71)(H,62,70)(H,72,73)(H4,53,54,55)/t34-,36-,37-,38-,39-,40-,42-/m0/s1. The Hall–Kier alpha value is -8.21. The van der Waals surface area contributed by atoms with Gasteiger partial charge in [-0.25, -0.2) is 4.79 Å². The maximum Gasteiger partial charge on any atom is 0.326 e. The number of carbonyl (C=O) groups is 8. The summed E-state index contributed by atoms with van der Waals surface area (Å²) < 4.78 is 0. The van der Waals surface area contributed by atoms with Crippen molar-refractivity contribution in [3.63, 3.8) is 0 Å². The average Bonchev–Trinajstić information content (AvgIpc) is 3.73. The van der Waals surface area contributed by atoms with Gasteiger partial charge in [0, 0.05) is 42.9 Å². The first-order valence-corrected chi connectivity index (χ1v) is 23.8. The molecular formula is C50H68N12O11. The third kappa shape index (κ3) is 18.5. The van der Waals surface area contributed by atoms with Crippen LogP contribution in [0.1, 0.15) is 70.1 Å². The molecule has 0 unspecified atom stereocenters. The van der Waals surface area contributed by atoms with Crippen LogP contribution in [0.2, 0.25) is 0 Å². The second-order valence-electron chi connectivity index (χ2n) is 18.5. The number of aliphatic imine (C=N–C) groups is 1. The number of guanidine groups is 1. The molecule has 0 radical (unpaired) electrons. The van der Waals surface area contributed by atoms with Crippen LogP contribution in [-0.4, -0.2) is 122 Å². The topological polar surface area (TPSA) is 402 Å². The number of amides is 7. The van der Waals surface area contributed by atoms with Crippen LogP contribution in [-0.2, 0) is 57.6 Å². The summed E-state index contributed by atoms with van der Waals surface area (Å²) in [6.45, 7) is 7.04. The number of phenols is 2. The summed E-state index contributed by atoms with van der Waals surface area (Å²) in [4.78, 5) is 116. The molecule has 23 heteroatoms. The predicted molar refractivity (Wildman–Crippen MR) is 271 cm³/mol. The van der Waals surface area contributed by atoms with Crippen molar-refractivity contribution < 1.29 is 53.7 Å². The zero-order chi connectivity index (χ0) is 53.9. The number of carbonyl (C=O) groups excluding carboxylic acids is 7. The van der Waals surface area contributed by atoms with Crippen molar-refractivity contribution in [1.29, 1.82) is 0 Å². The zero-order valence-electron chi connectivity index (χ0n) is 41.2. The molecule has 1 aromatic heterocycles. The Morgan fingerprint density at radius 1 is 0.603 bits per heavy atom. The molecule has 0 aliphatic carbocycles. The predicted octanol–water partition coefficient (Wildman–Crippen LogP) is -0.441. The number of nitrogens with two attached hydrogens (primary N) is 4. The normalized spacial score (nSPS) is 14.1. The van der Waals surface area contributed by atoms with E-state index in [0.29, 0.717) is 16.7 Å². The lowest BCUT2D eigenvalue weighted by Crippen LogP contribution is -2.61. The van der Waals surface area contributed by atoms with Crippen molar-refractivity contribution in [3.05, 3.63) is 95.7 Å². The summed E-state index contributed by atoms with van der Waals surface area (Å²) in [6, 6.07) is 8.92. The highest BCUT2D eigenvalue weighted by molar-refractivity contribution is 5.98. The van der Waals surface area contributed by atoms with E-state index >= 15 is 0 Å². The van der Waals surface area contributed by atoms with Gasteiger partial charge in [0.1, 0.15) is 47.8 Å². The third-order valence-corrected chi connectivity index (χ3v) is 11.7. The van der Waals surface area contributed by atoms with Gasteiger partial charge in [0.25, 0.3) is 0 Å². The summed E-state index contributed by atoms with van der Waals surface area (Å²) in [5.41, 5.74) is 24.6. The summed E-state index contributed by atoms with van der Waals surface area (Å²) in [7, 11) is 0. The monoisotopic (exact) mass is 1010 g/mol. The molecular weight excluding hydrogens is 945 g/mol. The van der Waals surface area contributed by atoms with Crippen molar-refractivity contribution in [2.24, 2.45) is 39.8 Å². The van der Waals surface area contributed by atoms with Gasteiger partial charge in [0.05, 0.1) is 12.5 Å². The second kappa shape index (κ2) is 27.4. The number of hydrogen-bond acceptors (Lipinski definition) is 12. The van der Waals surface area contributed by atoms with E-state index in [2.05, 4.69) is 41.9 Å². The number of aromatic amines is 1. The number of fused-ring (bicyclic) bond motifs is 1. The van der Waals surface area contributed by atoms with E-state index in [1.165, 1.54) is 48.5 Å². The van der Waals surface area contributed by atoms with Gasteiger partial charge in [0.15, 0.2) is 5.96 Å². The Balaban J connectivity index is 1.66. The number of carboxylic acids is 1. The molecule has 394 valence electrons. The third-order valence-electron chi connectivity index (χ3n) is 11.7. The van der Waals surface area contributed by atoms with E-state index in [9.17, 15) is 53.7 Å². The highest BCUT2D eigenvalue weighted by atomic mass is 16.4. The molecule has 3 aromatic carbocycles. The van der Waals surface area contributed by atoms with Crippen LogP contribution in [0.4, 0.5) is 0 Å². The largest absolute Gasteiger partial charge is 0.508 e. The smallest absolute Gasteiger partial charge is 0.326 e. The van der Waals surface area contributed by atoms with E-state index in [1.807, 2.05) is 32.0 Å². The molecule has 0 saturated heterocycles. The molecule has 7 atom stereocenters. The van der Waals surface area contributed by atoms with Crippen molar-refractivity contribution in [2.45, 2.75) is 115 Å². The molecule has 18 N–H and O–H groups in total. The fraction of sp³-hybridized carbons (Fsp3) is 0.420. The lowest BCUT2D eigenvalue weighted by molar-refractivity contribution is -0.142. The maximum absolute atomic E-state index is 14.6. The molecule has 4 aromatic rings. The summed E-state index contributed by atoms with van der Waals surface area (Å²) >= 11 is 0. The highest BCUT2D eigenvalue weighted by Crippen LogP contribution is 2.20. The number of nitrogens with zero attached hydrogens (tertiary/aromatic N) is 1. The second-order valence-corrected chi connectivity index (χ2v) is 18.5. The molecule has 7 amide bonds. The van der Waals surface area contributed by atoms with Gasteiger partial charge in [0.2, 0.25) is 41.4 Å². The molecule has 0 aliphatic heterocycles. The van der Waals surface area contributed by atoms with Gasteiger partial charge in [-0.1, -0.05) is 70.2 Å². The first-order valence-electron chi connectivity index (χ1n) is 23.8. The van der Waals surface area contributed by atoms with Crippen LogP contribution in [0.15, 0.2) is 84.0 Å².